The fraction of sp³-hybridized carbons (Fsp3) is 0.167. The molecule has 0 fully saturated rings. The third-order valence-electron chi connectivity index (χ3n) is 2.45. The topological polar surface area (TPSA) is 4.93 Å². The SMILES string of the molecule is FC(F)(F)c1ccc(Cc2cccn2I)cc1. The van der Waals surface area contributed by atoms with Gasteiger partial charge >= 0.3 is 6.18 Å². The van der Waals surface area contributed by atoms with E-state index in [0.29, 0.717) is 6.42 Å². The van der Waals surface area contributed by atoms with Gasteiger partial charge in [0.05, 0.1) is 28.4 Å². The first kappa shape index (κ1) is 12.5. The largest absolute Gasteiger partial charge is 0.416 e. The lowest BCUT2D eigenvalue weighted by Gasteiger charge is -2.07. The number of halogens is 4. The van der Waals surface area contributed by atoms with Gasteiger partial charge in [0.15, 0.2) is 0 Å². The van der Waals surface area contributed by atoms with Crippen molar-refractivity contribution in [1.29, 1.82) is 0 Å². The van der Waals surface area contributed by atoms with Gasteiger partial charge in [0, 0.05) is 18.3 Å². The molecular formula is C12H9F3IN. The van der Waals surface area contributed by atoms with Gasteiger partial charge in [-0.1, -0.05) is 12.1 Å². The number of benzene rings is 1. The molecule has 0 aliphatic rings. The molecule has 2 aromatic rings. The van der Waals surface area contributed by atoms with Crippen molar-refractivity contribution in [2.75, 3.05) is 0 Å². The highest BCUT2D eigenvalue weighted by molar-refractivity contribution is 14.1. The Labute approximate surface area is 111 Å². The van der Waals surface area contributed by atoms with E-state index in [1.165, 1.54) is 12.1 Å². The van der Waals surface area contributed by atoms with Crippen LogP contribution in [0.25, 0.3) is 0 Å². The van der Waals surface area contributed by atoms with Crippen LogP contribution in [0.15, 0.2) is 42.6 Å². The van der Waals surface area contributed by atoms with Crippen molar-refractivity contribution in [3.8, 4) is 0 Å². The van der Waals surface area contributed by atoms with Crippen molar-refractivity contribution in [1.82, 2.24) is 2.78 Å². The van der Waals surface area contributed by atoms with Gasteiger partial charge in [-0.2, -0.15) is 13.2 Å². The van der Waals surface area contributed by atoms with E-state index in [1.54, 1.807) is 0 Å². The third-order valence-corrected chi connectivity index (χ3v) is 3.39. The van der Waals surface area contributed by atoms with Crippen LogP contribution in [-0.4, -0.2) is 2.78 Å². The molecule has 0 saturated carbocycles. The average Bonchev–Trinajstić information content (AvgIpc) is 2.64. The highest BCUT2D eigenvalue weighted by Gasteiger charge is 2.29. The minimum absolute atomic E-state index is 0.605. The average molecular weight is 351 g/mol. The summed E-state index contributed by atoms with van der Waals surface area (Å²) >= 11 is 2.14. The fourth-order valence-corrected chi connectivity index (χ4v) is 2.07. The molecular weight excluding hydrogens is 342 g/mol. The van der Waals surface area contributed by atoms with Gasteiger partial charge in [0.25, 0.3) is 0 Å². The van der Waals surface area contributed by atoms with Gasteiger partial charge in [0.1, 0.15) is 0 Å². The van der Waals surface area contributed by atoms with Crippen molar-refractivity contribution in [2.24, 2.45) is 0 Å². The number of rotatable bonds is 2. The van der Waals surface area contributed by atoms with Crippen LogP contribution in [0.2, 0.25) is 0 Å². The van der Waals surface area contributed by atoms with Crippen molar-refractivity contribution >= 4 is 22.9 Å². The van der Waals surface area contributed by atoms with Crippen LogP contribution in [0.5, 0.6) is 0 Å². The van der Waals surface area contributed by atoms with Crippen LogP contribution in [0.1, 0.15) is 16.8 Å². The second-order valence-corrected chi connectivity index (χ2v) is 4.72. The van der Waals surface area contributed by atoms with Crippen LogP contribution in [0.4, 0.5) is 13.2 Å². The van der Waals surface area contributed by atoms with Gasteiger partial charge < -0.3 is 0 Å². The molecule has 1 heterocycles. The summed E-state index contributed by atoms with van der Waals surface area (Å²) in [5, 5.41) is 0. The summed E-state index contributed by atoms with van der Waals surface area (Å²) in [4.78, 5) is 0. The minimum Gasteiger partial charge on any atom is -0.294 e. The third kappa shape index (κ3) is 3.02. The summed E-state index contributed by atoms with van der Waals surface area (Å²) in [5.74, 6) is 0. The van der Waals surface area contributed by atoms with Crippen LogP contribution < -0.4 is 0 Å². The molecule has 1 aromatic heterocycles. The lowest BCUT2D eigenvalue weighted by Crippen LogP contribution is -2.04. The predicted molar refractivity (Wildman–Crippen MR) is 68.1 cm³/mol. The van der Waals surface area contributed by atoms with E-state index in [2.05, 4.69) is 22.9 Å². The van der Waals surface area contributed by atoms with Crippen LogP contribution in [0, 0.1) is 0 Å². The molecule has 0 N–H and O–H groups in total. The predicted octanol–water partition coefficient (Wildman–Crippen LogP) is 4.30. The first-order valence-corrected chi connectivity index (χ1v) is 5.92. The second-order valence-electron chi connectivity index (χ2n) is 3.68. The molecule has 1 nitrogen and oxygen atoms in total. The normalized spacial score (nSPS) is 11.8. The van der Waals surface area contributed by atoms with E-state index in [4.69, 9.17) is 0 Å². The lowest BCUT2D eigenvalue weighted by atomic mass is 10.1. The minimum atomic E-state index is -4.26. The Hall–Kier alpha value is -0.980. The molecule has 17 heavy (non-hydrogen) atoms. The van der Waals surface area contributed by atoms with Gasteiger partial charge in [0.2, 0.25) is 0 Å². The zero-order chi connectivity index (χ0) is 12.5. The van der Waals surface area contributed by atoms with Crippen LogP contribution in [0.3, 0.4) is 0 Å². The van der Waals surface area contributed by atoms with Gasteiger partial charge in [-0.05, 0) is 29.8 Å². The first-order chi connectivity index (χ1) is 7.97. The maximum absolute atomic E-state index is 12.4. The molecule has 5 heteroatoms. The van der Waals surface area contributed by atoms with Crippen molar-refractivity contribution in [2.45, 2.75) is 12.6 Å². The van der Waals surface area contributed by atoms with Gasteiger partial charge in [-0.25, -0.2) is 0 Å². The molecule has 1 aromatic carbocycles. The Morgan fingerprint density at radius 1 is 1.06 bits per heavy atom. The van der Waals surface area contributed by atoms with E-state index < -0.39 is 11.7 Å². The van der Waals surface area contributed by atoms with E-state index in [0.717, 1.165) is 23.4 Å². The highest BCUT2D eigenvalue weighted by atomic mass is 127. The second kappa shape index (κ2) is 4.72. The first-order valence-electron chi connectivity index (χ1n) is 4.95. The highest BCUT2D eigenvalue weighted by Crippen LogP contribution is 2.29. The Bertz CT molecular complexity index is 499. The molecule has 0 amide bonds. The molecule has 0 atom stereocenters. The summed E-state index contributed by atoms with van der Waals surface area (Å²) in [6, 6.07) is 9.14. The lowest BCUT2D eigenvalue weighted by molar-refractivity contribution is -0.137. The number of hydrogen-bond donors (Lipinski definition) is 0. The van der Waals surface area contributed by atoms with Crippen LogP contribution >= 0.6 is 22.9 Å². The van der Waals surface area contributed by atoms with Crippen molar-refractivity contribution in [3.63, 3.8) is 0 Å². The van der Waals surface area contributed by atoms with Crippen molar-refractivity contribution in [3.05, 3.63) is 59.4 Å². The van der Waals surface area contributed by atoms with Crippen molar-refractivity contribution < 1.29 is 13.2 Å². The number of nitrogens with zero attached hydrogens (tertiary/aromatic N) is 1. The molecule has 0 unspecified atom stereocenters. The maximum Gasteiger partial charge on any atom is 0.416 e. The summed E-state index contributed by atoms with van der Waals surface area (Å²) in [6.45, 7) is 0. The monoisotopic (exact) mass is 351 g/mol. The van der Waals surface area contributed by atoms with E-state index in [1.807, 2.05) is 21.1 Å². The Balaban J connectivity index is 2.17. The van der Waals surface area contributed by atoms with E-state index in [-0.39, 0.29) is 0 Å². The Kier molecular flexibility index (Phi) is 3.46. The van der Waals surface area contributed by atoms with Crippen LogP contribution in [-0.2, 0) is 12.6 Å². The Morgan fingerprint density at radius 2 is 1.71 bits per heavy atom. The molecule has 0 spiro atoms. The zero-order valence-electron chi connectivity index (χ0n) is 8.71. The molecule has 0 aliphatic carbocycles. The molecule has 90 valence electrons. The fourth-order valence-electron chi connectivity index (χ4n) is 1.55. The Morgan fingerprint density at radius 3 is 2.18 bits per heavy atom. The number of hydrogen-bond acceptors (Lipinski definition) is 0. The van der Waals surface area contributed by atoms with Gasteiger partial charge in [-0.15, -0.1) is 0 Å². The summed E-state index contributed by atoms with van der Waals surface area (Å²) in [6.07, 6.45) is -1.73. The molecule has 2 rings (SSSR count). The molecule has 0 saturated heterocycles. The van der Waals surface area contributed by atoms with Gasteiger partial charge in [-0.3, -0.25) is 2.78 Å². The smallest absolute Gasteiger partial charge is 0.294 e. The number of alkyl halides is 3. The molecule has 0 radical (unpaired) electrons. The molecule has 0 bridgehead atoms. The standard InChI is InChI=1S/C12H9F3IN/c13-12(14,15)10-5-3-9(4-6-10)8-11-2-1-7-17(11)16/h1-7H,8H2. The van der Waals surface area contributed by atoms with E-state index >= 15 is 0 Å². The van der Waals surface area contributed by atoms with E-state index in [9.17, 15) is 13.2 Å². The quantitative estimate of drug-likeness (QED) is 0.712. The molecule has 0 aliphatic heterocycles. The summed E-state index contributed by atoms with van der Waals surface area (Å²) in [5.41, 5.74) is 1.33. The zero-order valence-corrected chi connectivity index (χ0v) is 10.9. The number of aromatic nitrogens is 1. The summed E-state index contributed by atoms with van der Waals surface area (Å²) < 4.78 is 39.0. The summed E-state index contributed by atoms with van der Waals surface area (Å²) in [7, 11) is 0. The maximum atomic E-state index is 12.4.